The molecule has 0 unspecified atom stereocenters. The van der Waals surface area contributed by atoms with E-state index < -0.39 is 0 Å². The van der Waals surface area contributed by atoms with Gasteiger partial charge in [-0.1, -0.05) is 0 Å². The van der Waals surface area contributed by atoms with Crippen molar-refractivity contribution in [1.29, 1.82) is 0 Å². The summed E-state index contributed by atoms with van der Waals surface area (Å²) in [6, 6.07) is 12.0. The van der Waals surface area contributed by atoms with E-state index in [1.165, 1.54) is 6.92 Å². The van der Waals surface area contributed by atoms with E-state index in [9.17, 15) is 9.59 Å². The Morgan fingerprint density at radius 2 is 1.64 bits per heavy atom. The molecule has 3 rings (SSSR count). The quantitative estimate of drug-likeness (QED) is 0.872. The molecule has 2 amide bonds. The van der Waals surface area contributed by atoms with Crippen molar-refractivity contribution in [2.24, 2.45) is 0 Å². The maximum Gasteiger partial charge on any atom is 0.262 e. The van der Waals surface area contributed by atoms with Crippen molar-refractivity contribution in [3.05, 3.63) is 42.5 Å². The second-order valence-corrected chi connectivity index (χ2v) is 5.40. The first-order valence-electron chi connectivity index (χ1n) is 7.80. The van der Waals surface area contributed by atoms with Crippen molar-refractivity contribution >= 4 is 23.2 Å². The summed E-state index contributed by atoms with van der Waals surface area (Å²) in [6.07, 6.45) is 0. The third-order valence-corrected chi connectivity index (χ3v) is 3.37. The minimum absolute atomic E-state index is 0.131. The third-order valence-electron chi connectivity index (χ3n) is 3.37. The van der Waals surface area contributed by atoms with Crippen molar-refractivity contribution < 1.29 is 23.8 Å². The smallest absolute Gasteiger partial charge is 0.262 e. The summed E-state index contributed by atoms with van der Waals surface area (Å²) in [7, 11) is 0. The molecule has 2 aromatic rings. The molecule has 0 spiro atoms. The molecule has 1 aliphatic rings. The fourth-order valence-corrected chi connectivity index (χ4v) is 2.30. The van der Waals surface area contributed by atoms with Crippen molar-refractivity contribution in [3.8, 4) is 17.2 Å². The third kappa shape index (κ3) is 4.63. The number of hydrogen-bond acceptors (Lipinski definition) is 5. The number of amides is 2. The van der Waals surface area contributed by atoms with Crippen molar-refractivity contribution in [1.82, 2.24) is 0 Å². The van der Waals surface area contributed by atoms with Crippen LogP contribution in [0.2, 0.25) is 0 Å². The number of fused-ring (bicyclic) bond motifs is 1. The van der Waals surface area contributed by atoms with E-state index in [0.717, 1.165) is 0 Å². The highest BCUT2D eigenvalue weighted by atomic mass is 16.6. The molecule has 0 atom stereocenters. The largest absolute Gasteiger partial charge is 0.486 e. The minimum atomic E-state index is -0.289. The molecule has 0 bridgehead atoms. The van der Waals surface area contributed by atoms with E-state index >= 15 is 0 Å². The van der Waals surface area contributed by atoms with Gasteiger partial charge in [-0.05, 0) is 36.4 Å². The lowest BCUT2D eigenvalue weighted by Gasteiger charge is -2.19. The maximum absolute atomic E-state index is 12.0. The molecule has 0 radical (unpaired) electrons. The lowest BCUT2D eigenvalue weighted by atomic mass is 10.2. The number of carbonyl (C=O) groups is 2. The number of ether oxygens (including phenoxy) is 3. The molecular formula is C18H18N2O5. The van der Waals surface area contributed by atoms with Crippen LogP contribution in [0.4, 0.5) is 11.4 Å². The summed E-state index contributed by atoms with van der Waals surface area (Å²) in [5, 5.41) is 5.40. The molecule has 0 saturated carbocycles. The van der Waals surface area contributed by atoms with Crippen LogP contribution in [0, 0.1) is 0 Å². The highest BCUT2D eigenvalue weighted by molar-refractivity contribution is 5.92. The second kappa shape index (κ2) is 7.57. The van der Waals surface area contributed by atoms with Gasteiger partial charge in [-0.25, -0.2) is 0 Å². The molecule has 7 nitrogen and oxygen atoms in total. The highest BCUT2D eigenvalue weighted by Crippen LogP contribution is 2.32. The van der Waals surface area contributed by atoms with Crippen LogP contribution < -0.4 is 24.8 Å². The predicted octanol–water partition coefficient (Wildman–Crippen LogP) is 2.43. The van der Waals surface area contributed by atoms with Gasteiger partial charge in [0.2, 0.25) is 5.91 Å². The summed E-state index contributed by atoms with van der Waals surface area (Å²) >= 11 is 0. The van der Waals surface area contributed by atoms with Crippen molar-refractivity contribution in [3.63, 3.8) is 0 Å². The number of nitrogens with one attached hydrogen (secondary N) is 2. The van der Waals surface area contributed by atoms with E-state index in [4.69, 9.17) is 14.2 Å². The van der Waals surface area contributed by atoms with Gasteiger partial charge < -0.3 is 24.8 Å². The zero-order valence-corrected chi connectivity index (χ0v) is 13.7. The zero-order valence-electron chi connectivity index (χ0n) is 13.7. The Labute approximate surface area is 144 Å². The molecule has 130 valence electrons. The molecule has 1 heterocycles. The average molecular weight is 342 g/mol. The lowest BCUT2D eigenvalue weighted by molar-refractivity contribution is -0.118. The van der Waals surface area contributed by atoms with Gasteiger partial charge in [-0.2, -0.15) is 0 Å². The highest BCUT2D eigenvalue weighted by Gasteiger charge is 2.13. The molecule has 0 saturated heterocycles. The normalized spacial score (nSPS) is 12.2. The molecule has 25 heavy (non-hydrogen) atoms. The van der Waals surface area contributed by atoms with E-state index in [-0.39, 0.29) is 18.4 Å². The summed E-state index contributed by atoms with van der Waals surface area (Å²) in [5.41, 5.74) is 1.28. The van der Waals surface area contributed by atoms with E-state index in [2.05, 4.69) is 10.6 Å². The van der Waals surface area contributed by atoms with Gasteiger partial charge in [0, 0.05) is 24.4 Å². The molecule has 0 aliphatic carbocycles. The second-order valence-electron chi connectivity index (χ2n) is 5.40. The molecule has 2 aromatic carbocycles. The Hall–Kier alpha value is -3.22. The molecule has 0 aromatic heterocycles. The van der Waals surface area contributed by atoms with Crippen molar-refractivity contribution in [2.45, 2.75) is 6.92 Å². The Bertz CT molecular complexity index is 774. The van der Waals surface area contributed by atoms with Crippen LogP contribution in [-0.4, -0.2) is 31.6 Å². The topological polar surface area (TPSA) is 85.9 Å². The first-order chi connectivity index (χ1) is 12.1. The Kier molecular flexibility index (Phi) is 5.03. The fraction of sp³-hybridized carbons (Fsp3) is 0.222. The number of carbonyl (C=O) groups excluding carboxylic acids is 2. The van der Waals surface area contributed by atoms with Gasteiger partial charge in [0.15, 0.2) is 18.1 Å². The van der Waals surface area contributed by atoms with Crippen LogP contribution in [0.3, 0.4) is 0 Å². The average Bonchev–Trinajstić information content (AvgIpc) is 2.60. The SMILES string of the molecule is CC(=O)Nc1ccc(OCC(=O)Nc2ccc3c(c2)OCCO3)cc1. The predicted molar refractivity (Wildman–Crippen MR) is 92.3 cm³/mol. The Morgan fingerprint density at radius 1 is 0.960 bits per heavy atom. The first-order valence-corrected chi connectivity index (χ1v) is 7.80. The van der Waals surface area contributed by atoms with Crippen LogP contribution in [0.5, 0.6) is 17.2 Å². The van der Waals surface area contributed by atoms with Crippen LogP contribution >= 0.6 is 0 Å². The minimum Gasteiger partial charge on any atom is -0.486 e. The lowest BCUT2D eigenvalue weighted by Crippen LogP contribution is -2.20. The van der Waals surface area contributed by atoms with Crippen LogP contribution in [0.1, 0.15) is 6.92 Å². The van der Waals surface area contributed by atoms with Crippen LogP contribution in [-0.2, 0) is 9.59 Å². The van der Waals surface area contributed by atoms with Gasteiger partial charge >= 0.3 is 0 Å². The van der Waals surface area contributed by atoms with E-state index in [1.54, 1.807) is 42.5 Å². The summed E-state index contributed by atoms with van der Waals surface area (Å²) in [6.45, 7) is 2.32. The summed E-state index contributed by atoms with van der Waals surface area (Å²) in [4.78, 5) is 23.0. The van der Waals surface area contributed by atoms with Crippen LogP contribution in [0.15, 0.2) is 42.5 Å². The number of anilines is 2. The Morgan fingerprint density at radius 3 is 2.36 bits per heavy atom. The fourth-order valence-electron chi connectivity index (χ4n) is 2.30. The van der Waals surface area contributed by atoms with Gasteiger partial charge in [0.1, 0.15) is 19.0 Å². The van der Waals surface area contributed by atoms with Gasteiger partial charge in [0.25, 0.3) is 5.91 Å². The standard InChI is InChI=1S/C18H18N2O5/c1-12(21)19-13-2-5-15(6-3-13)25-11-18(22)20-14-4-7-16-17(10-14)24-9-8-23-16/h2-7,10H,8-9,11H2,1H3,(H,19,21)(H,20,22). The monoisotopic (exact) mass is 342 g/mol. The summed E-state index contributed by atoms with van der Waals surface area (Å²) < 4.78 is 16.3. The molecule has 0 fully saturated rings. The molecular weight excluding hydrogens is 324 g/mol. The molecule has 1 aliphatic heterocycles. The Balaban J connectivity index is 1.52. The summed E-state index contributed by atoms with van der Waals surface area (Å²) in [5.74, 6) is 1.37. The maximum atomic E-state index is 12.0. The number of benzene rings is 2. The van der Waals surface area contributed by atoms with E-state index in [0.29, 0.717) is 41.8 Å². The molecule has 7 heteroatoms. The van der Waals surface area contributed by atoms with Crippen LogP contribution in [0.25, 0.3) is 0 Å². The van der Waals surface area contributed by atoms with Crippen molar-refractivity contribution in [2.75, 3.05) is 30.5 Å². The van der Waals surface area contributed by atoms with Gasteiger partial charge in [-0.15, -0.1) is 0 Å². The number of rotatable bonds is 5. The first kappa shape index (κ1) is 16.6. The zero-order chi connectivity index (χ0) is 17.6. The van der Waals surface area contributed by atoms with Gasteiger partial charge in [0.05, 0.1) is 0 Å². The van der Waals surface area contributed by atoms with Gasteiger partial charge in [-0.3, -0.25) is 9.59 Å². The van der Waals surface area contributed by atoms with E-state index in [1.807, 2.05) is 0 Å². The molecule has 2 N–H and O–H groups in total. The number of hydrogen-bond donors (Lipinski definition) is 2.